The first-order valence-electron chi connectivity index (χ1n) is 8.52. The first-order valence-corrected chi connectivity index (χ1v) is 8.52. The van der Waals surface area contributed by atoms with Gasteiger partial charge in [-0.2, -0.15) is 0 Å². The number of carbonyl (C=O) groups excluding carboxylic acids is 3. The van der Waals surface area contributed by atoms with Crippen LogP contribution in [0, 0.1) is 11.8 Å². The summed E-state index contributed by atoms with van der Waals surface area (Å²) in [4.78, 5) is 47.4. The van der Waals surface area contributed by atoms with Crippen molar-refractivity contribution in [3.8, 4) is 0 Å². The molecule has 0 aromatic rings. The SMILES string of the molecule is CCC(C)C(NC(=O)CN)C(=O)NC(CO)C(=O)NC(C(=O)O)C(C)C. The molecule has 0 saturated heterocycles. The second-order valence-corrected chi connectivity index (χ2v) is 6.45. The third-order valence-corrected chi connectivity index (χ3v) is 4.04. The second kappa shape index (κ2) is 11.4. The monoisotopic (exact) mass is 374 g/mol. The van der Waals surface area contributed by atoms with Crippen LogP contribution in [-0.4, -0.2) is 65.2 Å². The van der Waals surface area contributed by atoms with E-state index in [9.17, 15) is 24.3 Å². The highest BCUT2D eigenvalue weighted by Crippen LogP contribution is 2.09. The van der Waals surface area contributed by atoms with Gasteiger partial charge in [-0.15, -0.1) is 0 Å². The lowest BCUT2D eigenvalue weighted by Crippen LogP contribution is -2.59. The minimum atomic E-state index is -1.34. The number of rotatable bonds is 11. The zero-order valence-electron chi connectivity index (χ0n) is 15.6. The molecule has 0 saturated carbocycles. The summed E-state index contributed by atoms with van der Waals surface area (Å²) in [5.41, 5.74) is 5.25. The molecule has 0 aliphatic heterocycles. The van der Waals surface area contributed by atoms with E-state index < -0.39 is 48.4 Å². The molecule has 150 valence electrons. The highest BCUT2D eigenvalue weighted by atomic mass is 16.4. The molecule has 10 heteroatoms. The molecule has 0 radical (unpaired) electrons. The molecule has 0 aromatic carbocycles. The van der Waals surface area contributed by atoms with Crippen LogP contribution in [-0.2, 0) is 19.2 Å². The molecule has 4 unspecified atom stereocenters. The number of carboxylic acid groups (broad SMARTS) is 1. The largest absolute Gasteiger partial charge is 0.480 e. The Morgan fingerprint density at radius 3 is 1.92 bits per heavy atom. The zero-order chi connectivity index (χ0) is 20.4. The Labute approximate surface area is 152 Å². The van der Waals surface area contributed by atoms with Gasteiger partial charge in [0, 0.05) is 0 Å². The van der Waals surface area contributed by atoms with Crippen LogP contribution in [0.2, 0.25) is 0 Å². The Kier molecular flexibility index (Phi) is 10.5. The quantitative estimate of drug-likeness (QED) is 0.247. The molecule has 10 nitrogen and oxygen atoms in total. The van der Waals surface area contributed by atoms with E-state index in [1.807, 2.05) is 6.92 Å². The van der Waals surface area contributed by atoms with E-state index in [0.29, 0.717) is 6.42 Å². The van der Waals surface area contributed by atoms with Crippen molar-refractivity contribution in [3.63, 3.8) is 0 Å². The van der Waals surface area contributed by atoms with Crippen molar-refractivity contribution in [1.29, 1.82) is 0 Å². The van der Waals surface area contributed by atoms with E-state index in [4.69, 9.17) is 10.8 Å². The molecular weight excluding hydrogens is 344 g/mol. The lowest BCUT2D eigenvalue weighted by atomic mass is 9.97. The van der Waals surface area contributed by atoms with Gasteiger partial charge in [0.1, 0.15) is 18.1 Å². The Morgan fingerprint density at radius 1 is 0.962 bits per heavy atom. The van der Waals surface area contributed by atoms with Gasteiger partial charge in [-0.3, -0.25) is 14.4 Å². The summed E-state index contributed by atoms with van der Waals surface area (Å²) in [5, 5.41) is 25.6. The van der Waals surface area contributed by atoms with Gasteiger partial charge in [-0.05, 0) is 11.8 Å². The summed E-state index contributed by atoms with van der Waals surface area (Å²) in [5.74, 6) is -3.86. The lowest BCUT2D eigenvalue weighted by molar-refractivity contribution is -0.143. The number of hydrogen-bond donors (Lipinski definition) is 6. The number of nitrogens with two attached hydrogens (primary N) is 1. The van der Waals surface area contributed by atoms with Crippen LogP contribution in [0.3, 0.4) is 0 Å². The molecular formula is C16H30N4O6. The molecule has 3 amide bonds. The molecule has 26 heavy (non-hydrogen) atoms. The number of aliphatic hydroxyl groups excluding tert-OH is 1. The minimum absolute atomic E-state index is 0.240. The number of amides is 3. The topological polar surface area (TPSA) is 171 Å². The maximum absolute atomic E-state index is 12.4. The third kappa shape index (κ3) is 7.36. The summed E-state index contributed by atoms with van der Waals surface area (Å²) in [7, 11) is 0. The Morgan fingerprint density at radius 2 is 1.54 bits per heavy atom. The Hall–Kier alpha value is -2.20. The second-order valence-electron chi connectivity index (χ2n) is 6.45. The molecule has 0 bridgehead atoms. The summed E-state index contributed by atoms with van der Waals surface area (Å²) >= 11 is 0. The molecule has 0 rings (SSSR count). The van der Waals surface area contributed by atoms with Gasteiger partial charge < -0.3 is 31.9 Å². The molecule has 4 atom stereocenters. The number of hydrogen-bond acceptors (Lipinski definition) is 6. The first-order chi connectivity index (χ1) is 12.1. The van der Waals surface area contributed by atoms with Crippen LogP contribution in [0.4, 0.5) is 0 Å². The van der Waals surface area contributed by atoms with Crippen molar-refractivity contribution in [2.45, 2.75) is 52.2 Å². The van der Waals surface area contributed by atoms with Gasteiger partial charge in [0.2, 0.25) is 17.7 Å². The van der Waals surface area contributed by atoms with Crippen LogP contribution in [0.5, 0.6) is 0 Å². The summed E-state index contributed by atoms with van der Waals surface area (Å²) in [6.07, 6.45) is 0.577. The molecule has 0 heterocycles. The van der Waals surface area contributed by atoms with Gasteiger partial charge in [0.15, 0.2) is 0 Å². The summed E-state index contributed by atoms with van der Waals surface area (Å²) in [6, 6.07) is -3.43. The predicted octanol–water partition coefficient (Wildman–Crippen LogP) is -1.82. The van der Waals surface area contributed by atoms with E-state index in [1.54, 1.807) is 20.8 Å². The smallest absolute Gasteiger partial charge is 0.326 e. The van der Waals surface area contributed by atoms with Crippen molar-refractivity contribution in [2.75, 3.05) is 13.2 Å². The molecule has 0 spiro atoms. The van der Waals surface area contributed by atoms with Crippen LogP contribution in [0.15, 0.2) is 0 Å². The Bertz CT molecular complexity index is 511. The van der Waals surface area contributed by atoms with Crippen molar-refractivity contribution in [2.24, 2.45) is 17.6 Å². The lowest BCUT2D eigenvalue weighted by Gasteiger charge is -2.26. The number of nitrogens with one attached hydrogen (secondary N) is 3. The van der Waals surface area contributed by atoms with Crippen LogP contribution in [0.25, 0.3) is 0 Å². The van der Waals surface area contributed by atoms with Crippen LogP contribution < -0.4 is 21.7 Å². The fourth-order valence-corrected chi connectivity index (χ4v) is 2.16. The Balaban J connectivity index is 5.14. The van der Waals surface area contributed by atoms with Crippen molar-refractivity contribution >= 4 is 23.7 Å². The van der Waals surface area contributed by atoms with E-state index in [-0.39, 0.29) is 18.4 Å². The van der Waals surface area contributed by atoms with Gasteiger partial charge in [0.05, 0.1) is 13.2 Å². The van der Waals surface area contributed by atoms with Gasteiger partial charge >= 0.3 is 5.97 Å². The van der Waals surface area contributed by atoms with Crippen molar-refractivity contribution in [1.82, 2.24) is 16.0 Å². The maximum atomic E-state index is 12.4. The molecule has 0 aliphatic carbocycles. The standard InChI is InChI=1S/C16H30N4O6/c1-5-9(4)13(19-11(22)6-17)15(24)18-10(7-21)14(23)20-12(8(2)3)16(25)26/h8-10,12-13,21H,5-7,17H2,1-4H3,(H,18,24)(H,19,22)(H,20,23)(H,25,26). The average Bonchev–Trinajstić information content (AvgIpc) is 2.59. The first kappa shape index (κ1) is 23.8. The average molecular weight is 374 g/mol. The molecule has 0 fully saturated rings. The zero-order valence-corrected chi connectivity index (χ0v) is 15.6. The highest BCUT2D eigenvalue weighted by molar-refractivity contribution is 5.93. The minimum Gasteiger partial charge on any atom is -0.480 e. The van der Waals surface area contributed by atoms with E-state index in [1.165, 1.54) is 0 Å². The van der Waals surface area contributed by atoms with E-state index in [2.05, 4.69) is 16.0 Å². The van der Waals surface area contributed by atoms with Gasteiger partial charge in [0.25, 0.3) is 0 Å². The predicted molar refractivity (Wildman–Crippen MR) is 93.9 cm³/mol. The fourth-order valence-electron chi connectivity index (χ4n) is 2.16. The van der Waals surface area contributed by atoms with E-state index >= 15 is 0 Å². The van der Waals surface area contributed by atoms with Gasteiger partial charge in [-0.1, -0.05) is 34.1 Å². The summed E-state index contributed by atoms with van der Waals surface area (Å²) < 4.78 is 0. The normalized spacial score (nSPS) is 15.5. The number of carbonyl (C=O) groups is 4. The fraction of sp³-hybridized carbons (Fsp3) is 0.750. The van der Waals surface area contributed by atoms with Crippen LogP contribution >= 0.6 is 0 Å². The molecule has 0 aliphatic rings. The third-order valence-electron chi connectivity index (χ3n) is 4.04. The van der Waals surface area contributed by atoms with Crippen molar-refractivity contribution < 1.29 is 29.4 Å². The molecule has 7 N–H and O–H groups in total. The van der Waals surface area contributed by atoms with Gasteiger partial charge in [-0.25, -0.2) is 4.79 Å². The molecule has 0 aromatic heterocycles. The number of aliphatic carboxylic acids is 1. The highest BCUT2D eigenvalue weighted by Gasteiger charge is 2.31. The maximum Gasteiger partial charge on any atom is 0.326 e. The van der Waals surface area contributed by atoms with Crippen LogP contribution in [0.1, 0.15) is 34.1 Å². The summed E-state index contributed by atoms with van der Waals surface area (Å²) in [6.45, 7) is 5.79. The van der Waals surface area contributed by atoms with E-state index in [0.717, 1.165) is 0 Å². The number of aliphatic hydroxyl groups is 1. The van der Waals surface area contributed by atoms with Crippen molar-refractivity contribution in [3.05, 3.63) is 0 Å². The number of carboxylic acids is 1.